The van der Waals surface area contributed by atoms with Crippen LogP contribution in [0.1, 0.15) is 22.8 Å². The number of nitrogens with one attached hydrogen (secondary N) is 1. The van der Waals surface area contributed by atoms with E-state index in [2.05, 4.69) is 20.7 Å². The van der Waals surface area contributed by atoms with Crippen molar-refractivity contribution in [1.29, 1.82) is 0 Å². The Bertz CT molecular complexity index is 672. The fourth-order valence-corrected chi connectivity index (χ4v) is 3.99. The molecule has 0 aliphatic rings. The molecule has 1 unspecified atom stereocenters. The molecule has 1 aromatic carbocycles. The van der Waals surface area contributed by atoms with Crippen LogP contribution in [0.2, 0.25) is 0 Å². The van der Waals surface area contributed by atoms with Gasteiger partial charge in [0.05, 0.1) is 10.5 Å². The molecule has 0 radical (unpaired) electrons. The van der Waals surface area contributed by atoms with Gasteiger partial charge < -0.3 is 5.11 Å². The first-order valence-electron chi connectivity index (χ1n) is 6.07. The standard InChI is InChI=1S/C12H16BrNO5S2/c1-3-20(17)5-4-14-21(18,19)9-6-10(12(15)16)8(2)11(13)7-9/h6-7,14H,3-5H2,1-2H3,(H,15,16). The molecule has 2 N–H and O–H groups in total. The van der Waals surface area contributed by atoms with Gasteiger partial charge in [0.15, 0.2) is 0 Å². The average molecular weight is 398 g/mol. The maximum atomic E-state index is 12.1. The summed E-state index contributed by atoms with van der Waals surface area (Å²) in [4.78, 5) is 11.0. The van der Waals surface area contributed by atoms with Crippen molar-refractivity contribution in [2.24, 2.45) is 0 Å². The third kappa shape index (κ3) is 4.87. The van der Waals surface area contributed by atoms with Crippen molar-refractivity contribution in [3.63, 3.8) is 0 Å². The van der Waals surface area contributed by atoms with Crippen LogP contribution in [0.4, 0.5) is 0 Å². The number of rotatable bonds is 7. The minimum Gasteiger partial charge on any atom is -0.478 e. The lowest BCUT2D eigenvalue weighted by Crippen LogP contribution is -2.28. The van der Waals surface area contributed by atoms with E-state index < -0.39 is 26.8 Å². The van der Waals surface area contributed by atoms with Gasteiger partial charge in [-0.25, -0.2) is 17.9 Å². The lowest BCUT2D eigenvalue weighted by Gasteiger charge is -2.10. The number of hydrogen-bond donors (Lipinski definition) is 2. The molecule has 0 spiro atoms. The van der Waals surface area contributed by atoms with Crippen LogP contribution in [-0.2, 0) is 20.8 Å². The predicted molar refractivity (Wildman–Crippen MR) is 84.6 cm³/mol. The number of carboxylic acid groups (broad SMARTS) is 1. The quantitative estimate of drug-likeness (QED) is 0.725. The van der Waals surface area contributed by atoms with Crippen molar-refractivity contribution in [2.75, 3.05) is 18.1 Å². The Labute approximate surface area is 134 Å². The lowest BCUT2D eigenvalue weighted by molar-refractivity contribution is 0.0695. The zero-order valence-corrected chi connectivity index (χ0v) is 14.8. The van der Waals surface area contributed by atoms with E-state index in [0.717, 1.165) is 6.07 Å². The van der Waals surface area contributed by atoms with Gasteiger partial charge in [0.25, 0.3) is 0 Å². The first-order chi connectivity index (χ1) is 9.69. The third-order valence-corrected chi connectivity index (χ3v) is 6.37. The van der Waals surface area contributed by atoms with E-state index in [-0.39, 0.29) is 22.8 Å². The highest BCUT2D eigenvalue weighted by Crippen LogP contribution is 2.24. The van der Waals surface area contributed by atoms with Gasteiger partial charge in [0.1, 0.15) is 0 Å². The number of carboxylic acids is 1. The highest BCUT2D eigenvalue weighted by atomic mass is 79.9. The number of hydrogen-bond acceptors (Lipinski definition) is 4. The summed E-state index contributed by atoms with van der Waals surface area (Å²) in [6.07, 6.45) is 0. The van der Waals surface area contributed by atoms with Gasteiger partial charge in [-0.2, -0.15) is 0 Å². The number of sulfonamides is 1. The van der Waals surface area contributed by atoms with Crippen molar-refractivity contribution in [3.8, 4) is 0 Å². The van der Waals surface area contributed by atoms with E-state index in [1.165, 1.54) is 6.07 Å². The van der Waals surface area contributed by atoms with E-state index in [9.17, 15) is 17.4 Å². The summed E-state index contributed by atoms with van der Waals surface area (Å²) in [5.41, 5.74) is 0.371. The molecule has 0 aliphatic heterocycles. The summed E-state index contributed by atoms with van der Waals surface area (Å²) in [6, 6.07) is 2.46. The first kappa shape index (κ1) is 18.3. The van der Waals surface area contributed by atoms with Gasteiger partial charge >= 0.3 is 5.97 Å². The smallest absolute Gasteiger partial charge is 0.336 e. The van der Waals surface area contributed by atoms with Crippen molar-refractivity contribution in [1.82, 2.24) is 4.72 Å². The molecule has 1 rings (SSSR count). The van der Waals surface area contributed by atoms with Crippen LogP contribution in [0.25, 0.3) is 0 Å². The fourth-order valence-electron chi connectivity index (χ4n) is 1.55. The number of halogens is 1. The first-order valence-corrected chi connectivity index (χ1v) is 9.83. The number of carbonyl (C=O) groups is 1. The zero-order valence-electron chi connectivity index (χ0n) is 11.6. The third-order valence-electron chi connectivity index (χ3n) is 2.80. The maximum absolute atomic E-state index is 12.1. The molecule has 0 bridgehead atoms. The summed E-state index contributed by atoms with van der Waals surface area (Å²) in [5, 5.41) is 9.08. The molecular weight excluding hydrogens is 382 g/mol. The normalized spacial score (nSPS) is 13.1. The largest absolute Gasteiger partial charge is 0.478 e. The fraction of sp³-hybridized carbons (Fsp3) is 0.417. The van der Waals surface area contributed by atoms with Crippen molar-refractivity contribution >= 4 is 42.7 Å². The van der Waals surface area contributed by atoms with Crippen molar-refractivity contribution in [2.45, 2.75) is 18.7 Å². The number of benzene rings is 1. The maximum Gasteiger partial charge on any atom is 0.336 e. The Morgan fingerprint density at radius 3 is 2.57 bits per heavy atom. The van der Waals surface area contributed by atoms with Crippen LogP contribution < -0.4 is 4.72 Å². The minimum atomic E-state index is -3.84. The second kappa shape index (κ2) is 7.48. The van der Waals surface area contributed by atoms with Gasteiger partial charge in [-0.15, -0.1) is 0 Å². The zero-order chi connectivity index (χ0) is 16.2. The van der Waals surface area contributed by atoms with Gasteiger partial charge in [-0.3, -0.25) is 4.21 Å². The van der Waals surface area contributed by atoms with Crippen LogP contribution in [-0.4, -0.2) is 41.8 Å². The van der Waals surface area contributed by atoms with E-state index >= 15 is 0 Å². The van der Waals surface area contributed by atoms with Crippen LogP contribution in [0.15, 0.2) is 21.5 Å². The summed E-state index contributed by atoms with van der Waals surface area (Å²) >= 11 is 3.16. The molecule has 0 fully saturated rings. The predicted octanol–water partition coefficient (Wildman–Crippen LogP) is 1.50. The van der Waals surface area contributed by atoms with Crippen LogP contribution in [0.3, 0.4) is 0 Å². The number of aromatic carboxylic acids is 1. The van der Waals surface area contributed by atoms with E-state index in [0.29, 0.717) is 15.8 Å². The van der Waals surface area contributed by atoms with Crippen molar-refractivity contribution < 1.29 is 22.5 Å². The molecule has 0 aliphatic carbocycles. The molecular formula is C12H16BrNO5S2. The van der Waals surface area contributed by atoms with E-state index in [1.54, 1.807) is 13.8 Å². The second-order valence-corrected chi connectivity index (χ2v) is 8.70. The molecule has 0 saturated carbocycles. The minimum absolute atomic E-state index is 0.0384. The van der Waals surface area contributed by atoms with E-state index in [1.807, 2.05) is 0 Å². The Morgan fingerprint density at radius 2 is 2.05 bits per heavy atom. The van der Waals surface area contributed by atoms with E-state index in [4.69, 9.17) is 5.11 Å². The van der Waals surface area contributed by atoms with Gasteiger partial charge in [0.2, 0.25) is 10.0 Å². The van der Waals surface area contributed by atoms with Crippen LogP contribution in [0.5, 0.6) is 0 Å². The molecule has 21 heavy (non-hydrogen) atoms. The highest BCUT2D eigenvalue weighted by Gasteiger charge is 2.19. The Morgan fingerprint density at radius 1 is 1.43 bits per heavy atom. The summed E-state index contributed by atoms with van der Waals surface area (Å²) < 4.78 is 38.2. The Balaban J connectivity index is 3.04. The van der Waals surface area contributed by atoms with Gasteiger partial charge in [-0.05, 0) is 24.6 Å². The van der Waals surface area contributed by atoms with Crippen LogP contribution in [0, 0.1) is 6.92 Å². The lowest BCUT2D eigenvalue weighted by atomic mass is 10.1. The van der Waals surface area contributed by atoms with Gasteiger partial charge in [0, 0.05) is 33.3 Å². The molecule has 0 aromatic heterocycles. The Kier molecular flexibility index (Phi) is 6.51. The molecule has 118 valence electrons. The van der Waals surface area contributed by atoms with Gasteiger partial charge in [-0.1, -0.05) is 22.9 Å². The molecule has 9 heteroatoms. The summed E-state index contributed by atoms with van der Waals surface area (Å²) in [6.45, 7) is 3.37. The summed E-state index contributed by atoms with van der Waals surface area (Å²) in [7, 11) is -4.91. The molecule has 0 amide bonds. The highest BCUT2D eigenvalue weighted by molar-refractivity contribution is 9.10. The average Bonchev–Trinajstić information content (AvgIpc) is 2.40. The molecule has 1 atom stereocenters. The molecule has 0 heterocycles. The van der Waals surface area contributed by atoms with Crippen LogP contribution >= 0.6 is 15.9 Å². The molecule has 0 saturated heterocycles. The topological polar surface area (TPSA) is 101 Å². The second-order valence-electron chi connectivity index (χ2n) is 4.21. The SMILES string of the molecule is CCS(=O)CCNS(=O)(=O)c1cc(Br)c(C)c(C(=O)O)c1. The monoisotopic (exact) mass is 397 g/mol. The van der Waals surface area contributed by atoms with Crippen molar-refractivity contribution in [3.05, 3.63) is 27.7 Å². The molecule has 6 nitrogen and oxygen atoms in total. The Hall–Kier alpha value is -0.770. The molecule has 1 aromatic rings. The summed E-state index contributed by atoms with van der Waals surface area (Å²) in [5.74, 6) is -0.521.